The molecule has 0 saturated carbocycles. The van der Waals surface area contributed by atoms with E-state index in [1.54, 1.807) is 6.07 Å². The summed E-state index contributed by atoms with van der Waals surface area (Å²) >= 11 is 5.77. The Hall–Kier alpha value is -1.42. The minimum Gasteiger partial charge on any atom is -0.223 e. The summed E-state index contributed by atoms with van der Waals surface area (Å²) in [5.41, 5.74) is 1.23. The van der Waals surface area contributed by atoms with Crippen molar-refractivity contribution in [2.24, 2.45) is 0 Å². The second-order valence-corrected chi connectivity index (χ2v) is 4.20. The molecule has 0 saturated heterocycles. The maximum Gasteiger partial charge on any atom is 0.147 e. The molecule has 1 heterocycles. The number of benzene rings is 1. The third-order valence-corrected chi connectivity index (χ3v) is 2.64. The largest absolute Gasteiger partial charge is 0.223 e. The molecule has 0 aliphatic heterocycles. The van der Waals surface area contributed by atoms with Gasteiger partial charge in [-0.15, -0.1) is 0 Å². The van der Waals surface area contributed by atoms with Crippen molar-refractivity contribution in [2.75, 3.05) is 0 Å². The highest BCUT2D eigenvalue weighted by Crippen LogP contribution is 2.29. The molecule has 3 nitrogen and oxygen atoms in total. The van der Waals surface area contributed by atoms with Crippen LogP contribution in [0.1, 0.15) is 25.3 Å². The number of hydrogen-bond acceptors (Lipinski definition) is 2. The summed E-state index contributed by atoms with van der Waals surface area (Å²) in [6.07, 6.45) is 2.95. The zero-order chi connectivity index (χ0) is 11.7. The molecule has 2 aromatic rings. The summed E-state index contributed by atoms with van der Waals surface area (Å²) < 4.78 is 15.4. The lowest BCUT2D eigenvalue weighted by molar-refractivity contribution is 0.594. The standard InChI is InChI=1S/C11H11ClFN3/c1-7(2)10-9(16-6-14-5-15-16)4-3-8(12)11(10)13/h3-7H,1-2H3. The number of rotatable bonds is 2. The fraction of sp³-hybridized carbons (Fsp3) is 0.273. The smallest absolute Gasteiger partial charge is 0.147 e. The fourth-order valence-electron chi connectivity index (χ4n) is 1.64. The Bertz CT molecular complexity index is 494. The van der Waals surface area contributed by atoms with E-state index in [1.807, 2.05) is 13.8 Å². The van der Waals surface area contributed by atoms with E-state index in [0.717, 1.165) is 0 Å². The Morgan fingerprint density at radius 3 is 2.69 bits per heavy atom. The number of aromatic nitrogens is 3. The van der Waals surface area contributed by atoms with Gasteiger partial charge in [-0.05, 0) is 18.1 Å². The first-order valence-electron chi connectivity index (χ1n) is 4.94. The highest BCUT2D eigenvalue weighted by atomic mass is 35.5. The van der Waals surface area contributed by atoms with Gasteiger partial charge in [0.05, 0.1) is 10.7 Å². The molecule has 0 bridgehead atoms. The van der Waals surface area contributed by atoms with Crippen molar-refractivity contribution >= 4 is 11.6 Å². The molecular formula is C11H11ClFN3. The van der Waals surface area contributed by atoms with Crippen LogP contribution in [-0.2, 0) is 0 Å². The summed E-state index contributed by atoms with van der Waals surface area (Å²) in [5, 5.41) is 4.13. The van der Waals surface area contributed by atoms with Crippen molar-refractivity contribution in [1.82, 2.24) is 14.8 Å². The Kier molecular flexibility index (Phi) is 2.92. The van der Waals surface area contributed by atoms with E-state index >= 15 is 0 Å². The normalized spacial score (nSPS) is 11.1. The van der Waals surface area contributed by atoms with Gasteiger partial charge in [0, 0.05) is 5.56 Å². The van der Waals surface area contributed by atoms with E-state index in [-0.39, 0.29) is 16.8 Å². The molecule has 0 N–H and O–H groups in total. The Morgan fingerprint density at radius 1 is 1.38 bits per heavy atom. The SMILES string of the molecule is CC(C)c1c(-n2cncn2)ccc(Cl)c1F. The van der Waals surface area contributed by atoms with Crippen molar-refractivity contribution in [2.45, 2.75) is 19.8 Å². The van der Waals surface area contributed by atoms with E-state index in [0.29, 0.717) is 11.3 Å². The highest BCUT2D eigenvalue weighted by Gasteiger charge is 2.16. The summed E-state index contributed by atoms with van der Waals surface area (Å²) in [6.45, 7) is 3.82. The van der Waals surface area contributed by atoms with E-state index < -0.39 is 0 Å². The molecule has 0 fully saturated rings. The highest BCUT2D eigenvalue weighted by molar-refractivity contribution is 6.30. The van der Waals surface area contributed by atoms with Crippen molar-refractivity contribution in [1.29, 1.82) is 0 Å². The van der Waals surface area contributed by atoms with E-state index in [4.69, 9.17) is 11.6 Å². The van der Waals surface area contributed by atoms with Gasteiger partial charge in [-0.25, -0.2) is 14.1 Å². The van der Waals surface area contributed by atoms with Gasteiger partial charge in [0.1, 0.15) is 18.5 Å². The summed E-state index contributed by atoms with van der Waals surface area (Å²) in [6, 6.07) is 3.27. The Balaban J connectivity index is 2.66. The van der Waals surface area contributed by atoms with Crippen molar-refractivity contribution in [3.05, 3.63) is 41.2 Å². The molecule has 0 aliphatic rings. The monoisotopic (exact) mass is 239 g/mol. The zero-order valence-electron chi connectivity index (χ0n) is 8.98. The lowest BCUT2D eigenvalue weighted by atomic mass is 10.0. The minimum atomic E-state index is -0.385. The topological polar surface area (TPSA) is 30.7 Å². The zero-order valence-corrected chi connectivity index (χ0v) is 9.74. The predicted octanol–water partition coefficient (Wildman–Crippen LogP) is 3.18. The van der Waals surface area contributed by atoms with Gasteiger partial charge < -0.3 is 0 Å². The number of halogens is 2. The van der Waals surface area contributed by atoms with Gasteiger partial charge in [-0.1, -0.05) is 25.4 Å². The number of nitrogens with zero attached hydrogens (tertiary/aromatic N) is 3. The average Bonchev–Trinajstić information content (AvgIpc) is 2.74. The molecule has 16 heavy (non-hydrogen) atoms. The maximum absolute atomic E-state index is 13.9. The molecule has 1 aromatic carbocycles. The molecule has 2 rings (SSSR count). The van der Waals surface area contributed by atoms with Gasteiger partial charge in [0.25, 0.3) is 0 Å². The molecule has 0 spiro atoms. The van der Waals surface area contributed by atoms with Gasteiger partial charge in [-0.2, -0.15) is 5.10 Å². The van der Waals surface area contributed by atoms with Crippen LogP contribution in [0.25, 0.3) is 5.69 Å². The van der Waals surface area contributed by atoms with Gasteiger partial charge >= 0.3 is 0 Å². The van der Waals surface area contributed by atoms with Crippen molar-refractivity contribution in [3.8, 4) is 5.69 Å². The summed E-state index contributed by atoms with van der Waals surface area (Å²) in [4.78, 5) is 3.85. The van der Waals surface area contributed by atoms with E-state index in [2.05, 4.69) is 10.1 Å². The first-order valence-corrected chi connectivity index (χ1v) is 5.32. The van der Waals surface area contributed by atoms with Crippen LogP contribution < -0.4 is 0 Å². The first kappa shape index (κ1) is 11.1. The second-order valence-electron chi connectivity index (χ2n) is 3.79. The molecule has 1 aromatic heterocycles. The third-order valence-electron chi connectivity index (χ3n) is 2.35. The molecule has 0 aliphatic carbocycles. The Morgan fingerprint density at radius 2 is 2.12 bits per heavy atom. The van der Waals surface area contributed by atoms with Crippen LogP contribution in [0.4, 0.5) is 4.39 Å². The van der Waals surface area contributed by atoms with Crippen LogP contribution in [0.2, 0.25) is 5.02 Å². The summed E-state index contributed by atoms with van der Waals surface area (Å²) in [7, 11) is 0. The lowest BCUT2D eigenvalue weighted by Crippen LogP contribution is -2.05. The van der Waals surface area contributed by atoms with Crippen LogP contribution in [0, 0.1) is 5.82 Å². The third kappa shape index (κ3) is 1.80. The number of hydrogen-bond donors (Lipinski definition) is 0. The molecular weight excluding hydrogens is 229 g/mol. The Labute approximate surface area is 97.9 Å². The first-order chi connectivity index (χ1) is 7.61. The molecule has 0 amide bonds. The van der Waals surface area contributed by atoms with Crippen molar-refractivity contribution in [3.63, 3.8) is 0 Å². The van der Waals surface area contributed by atoms with E-state index in [9.17, 15) is 4.39 Å². The van der Waals surface area contributed by atoms with Crippen LogP contribution >= 0.6 is 11.6 Å². The van der Waals surface area contributed by atoms with Gasteiger partial charge in [0.15, 0.2) is 0 Å². The quantitative estimate of drug-likeness (QED) is 0.806. The molecule has 5 heteroatoms. The van der Waals surface area contributed by atoms with Gasteiger partial charge in [0.2, 0.25) is 0 Å². The average molecular weight is 240 g/mol. The van der Waals surface area contributed by atoms with E-state index in [1.165, 1.54) is 23.4 Å². The van der Waals surface area contributed by atoms with Crippen molar-refractivity contribution < 1.29 is 4.39 Å². The van der Waals surface area contributed by atoms with Crippen LogP contribution in [0.5, 0.6) is 0 Å². The van der Waals surface area contributed by atoms with Crippen LogP contribution in [0.3, 0.4) is 0 Å². The molecule has 0 unspecified atom stereocenters. The molecule has 84 valence electrons. The maximum atomic E-state index is 13.9. The predicted molar refractivity (Wildman–Crippen MR) is 60.4 cm³/mol. The summed E-state index contributed by atoms with van der Waals surface area (Å²) in [5.74, 6) is -0.359. The second kappa shape index (κ2) is 4.22. The molecule has 0 atom stereocenters. The van der Waals surface area contributed by atoms with Gasteiger partial charge in [-0.3, -0.25) is 0 Å². The van der Waals surface area contributed by atoms with Crippen LogP contribution in [0.15, 0.2) is 24.8 Å². The minimum absolute atomic E-state index is 0.0258. The lowest BCUT2D eigenvalue weighted by Gasteiger charge is -2.14. The fourth-order valence-corrected chi connectivity index (χ4v) is 1.80. The molecule has 0 radical (unpaired) electrons. The van der Waals surface area contributed by atoms with Crippen LogP contribution in [-0.4, -0.2) is 14.8 Å².